The number of carbonyl (C=O) groups is 1. The molecule has 0 spiro atoms. The van der Waals surface area contributed by atoms with Crippen molar-refractivity contribution in [3.05, 3.63) is 36.0 Å². The Bertz CT molecular complexity index is 945. The summed E-state index contributed by atoms with van der Waals surface area (Å²) in [6, 6.07) is 8.20. The maximum atomic E-state index is 13.6. The summed E-state index contributed by atoms with van der Waals surface area (Å²) >= 11 is 0. The average molecular weight is 423 g/mol. The maximum absolute atomic E-state index is 13.6. The smallest absolute Gasteiger partial charge is 0.263 e. The Morgan fingerprint density at radius 3 is 2.97 bits per heavy atom. The zero-order valence-electron chi connectivity index (χ0n) is 18.0. The summed E-state index contributed by atoms with van der Waals surface area (Å²) < 4.78 is 6.23. The lowest BCUT2D eigenvalue weighted by Gasteiger charge is -2.28. The molecule has 31 heavy (non-hydrogen) atoms. The van der Waals surface area contributed by atoms with Crippen LogP contribution in [0.15, 0.2) is 30.5 Å². The number of nitrogens with zero attached hydrogens (tertiary/aromatic N) is 4. The van der Waals surface area contributed by atoms with Gasteiger partial charge in [-0.25, -0.2) is 4.98 Å². The standard InChI is InChI=1S/C23H30N6O2/c1-2-25-23-26-14-20-21(27-23)28-12-4-6-17(28)15-29(22(20)30)16-5-3-7-19(13-16)31-18-8-10-24-11-9-18/h3,5,7,13-14,17-18,24H,2,4,6,8-12,15H2,1H3,(H,25,26,27). The first-order valence-electron chi connectivity index (χ1n) is 11.4. The maximum Gasteiger partial charge on any atom is 0.263 e. The monoisotopic (exact) mass is 422 g/mol. The summed E-state index contributed by atoms with van der Waals surface area (Å²) in [6.07, 6.45) is 6.05. The van der Waals surface area contributed by atoms with E-state index in [9.17, 15) is 4.79 Å². The number of fused-ring (bicyclic) bond motifs is 3. The summed E-state index contributed by atoms with van der Waals surface area (Å²) in [5.41, 5.74) is 1.43. The number of rotatable bonds is 5. The predicted molar refractivity (Wildman–Crippen MR) is 121 cm³/mol. The number of hydrogen-bond acceptors (Lipinski definition) is 7. The molecule has 3 aliphatic rings. The van der Waals surface area contributed by atoms with Gasteiger partial charge in [0.25, 0.3) is 5.91 Å². The molecule has 1 unspecified atom stereocenters. The van der Waals surface area contributed by atoms with Gasteiger partial charge in [0.2, 0.25) is 5.95 Å². The highest BCUT2D eigenvalue weighted by Crippen LogP contribution is 2.35. The zero-order valence-corrected chi connectivity index (χ0v) is 18.0. The zero-order chi connectivity index (χ0) is 21.2. The number of anilines is 3. The second kappa shape index (κ2) is 8.70. The summed E-state index contributed by atoms with van der Waals surface area (Å²) in [4.78, 5) is 26.8. The van der Waals surface area contributed by atoms with Crippen LogP contribution in [-0.4, -0.2) is 60.7 Å². The van der Waals surface area contributed by atoms with Gasteiger partial charge < -0.3 is 25.2 Å². The van der Waals surface area contributed by atoms with Crippen molar-refractivity contribution in [2.45, 2.75) is 44.8 Å². The van der Waals surface area contributed by atoms with Gasteiger partial charge in [-0.1, -0.05) is 6.07 Å². The van der Waals surface area contributed by atoms with E-state index in [0.717, 1.165) is 69.1 Å². The second-order valence-corrected chi connectivity index (χ2v) is 8.43. The summed E-state index contributed by atoms with van der Waals surface area (Å²) in [5.74, 6) is 2.10. The van der Waals surface area contributed by atoms with E-state index in [0.29, 0.717) is 18.1 Å². The fourth-order valence-corrected chi connectivity index (χ4v) is 4.78. The number of hydrogen-bond donors (Lipinski definition) is 2. The molecule has 4 heterocycles. The number of piperidine rings is 1. The Kier molecular flexibility index (Phi) is 5.63. The lowest BCUT2D eigenvalue weighted by molar-refractivity contribution is 0.0988. The molecule has 2 saturated heterocycles. The Labute approximate surface area is 183 Å². The van der Waals surface area contributed by atoms with Crippen molar-refractivity contribution in [1.82, 2.24) is 15.3 Å². The van der Waals surface area contributed by atoms with Crippen LogP contribution >= 0.6 is 0 Å². The van der Waals surface area contributed by atoms with Crippen molar-refractivity contribution < 1.29 is 9.53 Å². The molecule has 2 N–H and O–H groups in total. The minimum Gasteiger partial charge on any atom is -0.490 e. The minimum absolute atomic E-state index is 0.0496. The van der Waals surface area contributed by atoms with Crippen LogP contribution in [0, 0.1) is 0 Å². The van der Waals surface area contributed by atoms with Gasteiger partial charge >= 0.3 is 0 Å². The molecule has 1 amide bonds. The quantitative estimate of drug-likeness (QED) is 0.767. The van der Waals surface area contributed by atoms with Crippen LogP contribution < -0.4 is 25.2 Å². The SMILES string of the molecule is CCNc1ncc2c(n1)N1CCCC1CN(c1cccc(OC3CCNCC3)c1)C2=O. The predicted octanol–water partition coefficient (Wildman–Crippen LogP) is 2.67. The summed E-state index contributed by atoms with van der Waals surface area (Å²) in [6.45, 7) is 6.28. The van der Waals surface area contributed by atoms with Crippen molar-refractivity contribution in [2.24, 2.45) is 0 Å². The van der Waals surface area contributed by atoms with Crippen molar-refractivity contribution >= 4 is 23.4 Å². The van der Waals surface area contributed by atoms with Crippen LogP contribution in [0.4, 0.5) is 17.5 Å². The van der Waals surface area contributed by atoms with E-state index >= 15 is 0 Å². The third-order valence-electron chi connectivity index (χ3n) is 6.34. The minimum atomic E-state index is -0.0496. The third-order valence-corrected chi connectivity index (χ3v) is 6.34. The fraction of sp³-hybridized carbons (Fsp3) is 0.522. The molecule has 0 bridgehead atoms. The Morgan fingerprint density at radius 2 is 2.13 bits per heavy atom. The summed E-state index contributed by atoms with van der Waals surface area (Å²) in [5, 5.41) is 6.53. The lowest BCUT2D eigenvalue weighted by atomic mass is 10.1. The molecular weight excluding hydrogens is 392 g/mol. The number of nitrogens with one attached hydrogen (secondary N) is 2. The highest BCUT2D eigenvalue weighted by atomic mass is 16.5. The molecule has 2 aromatic rings. The lowest BCUT2D eigenvalue weighted by Crippen LogP contribution is -2.39. The number of carbonyl (C=O) groups excluding carboxylic acids is 1. The highest BCUT2D eigenvalue weighted by molar-refractivity contribution is 6.10. The molecule has 1 atom stereocenters. The first-order valence-corrected chi connectivity index (χ1v) is 11.4. The Hall–Kier alpha value is -2.87. The average Bonchev–Trinajstić information content (AvgIpc) is 3.22. The molecule has 3 aliphatic heterocycles. The molecule has 1 aromatic heterocycles. The van der Waals surface area contributed by atoms with Crippen molar-refractivity contribution in [3.63, 3.8) is 0 Å². The normalized spacial score (nSPS) is 21.5. The van der Waals surface area contributed by atoms with Crippen molar-refractivity contribution in [3.8, 4) is 5.75 Å². The Morgan fingerprint density at radius 1 is 1.26 bits per heavy atom. The Balaban J connectivity index is 1.46. The molecule has 0 radical (unpaired) electrons. The first kappa shape index (κ1) is 20.1. The second-order valence-electron chi connectivity index (χ2n) is 8.43. The molecule has 164 valence electrons. The molecule has 1 aromatic carbocycles. The summed E-state index contributed by atoms with van der Waals surface area (Å²) in [7, 11) is 0. The van der Waals surface area contributed by atoms with Gasteiger partial charge in [-0.2, -0.15) is 4.98 Å². The van der Waals surface area contributed by atoms with E-state index in [-0.39, 0.29) is 18.1 Å². The third kappa shape index (κ3) is 4.04. The van der Waals surface area contributed by atoms with E-state index in [2.05, 4.69) is 20.5 Å². The number of aromatic nitrogens is 2. The van der Waals surface area contributed by atoms with Crippen molar-refractivity contribution in [1.29, 1.82) is 0 Å². The molecular formula is C23H30N6O2. The van der Waals surface area contributed by atoms with Crippen molar-refractivity contribution in [2.75, 3.05) is 47.8 Å². The number of amides is 1. The van der Waals surface area contributed by atoms with Crippen LogP contribution in [0.2, 0.25) is 0 Å². The van der Waals surface area contributed by atoms with Crippen LogP contribution in [-0.2, 0) is 0 Å². The molecule has 5 rings (SSSR count). The topological polar surface area (TPSA) is 82.6 Å². The van der Waals surface area contributed by atoms with E-state index in [1.807, 2.05) is 36.1 Å². The molecule has 8 nitrogen and oxygen atoms in total. The van der Waals surface area contributed by atoms with Gasteiger partial charge in [0.05, 0.1) is 0 Å². The van der Waals surface area contributed by atoms with Crippen LogP contribution in [0.1, 0.15) is 43.0 Å². The highest BCUT2D eigenvalue weighted by Gasteiger charge is 2.37. The molecule has 8 heteroatoms. The van der Waals surface area contributed by atoms with E-state index < -0.39 is 0 Å². The first-order chi connectivity index (χ1) is 15.2. The van der Waals surface area contributed by atoms with Crippen LogP contribution in [0.25, 0.3) is 0 Å². The van der Waals surface area contributed by atoms with E-state index in [1.165, 1.54) is 0 Å². The molecule has 2 fully saturated rings. The van der Waals surface area contributed by atoms with Gasteiger partial charge in [0.1, 0.15) is 23.2 Å². The fourth-order valence-electron chi connectivity index (χ4n) is 4.78. The molecule has 0 aliphatic carbocycles. The van der Waals surface area contributed by atoms with Gasteiger partial charge in [-0.3, -0.25) is 4.79 Å². The van der Waals surface area contributed by atoms with Crippen LogP contribution in [0.3, 0.4) is 0 Å². The number of benzene rings is 1. The van der Waals surface area contributed by atoms with Crippen LogP contribution in [0.5, 0.6) is 5.75 Å². The number of ether oxygens (including phenoxy) is 1. The largest absolute Gasteiger partial charge is 0.490 e. The van der Waals surface area contributed by atoms with E-state index in [1.54, 1.807) is 6.20 Å². The van der Waals surface area contributed by atoms with Gasteiger partial charge in [0.15, 0.2) is 0 Å². The van der Waals surface area contributed by atoms with Gasteiger partial charge in [-0.15, -0.1) is 0 Å². The van der Waals surface area contributed by atoms with Gasteiger partial charge in [0, 0.05) is 43.6 Å². The van der Waals surface area contributed by atoms with E-state index in [4.69, 9.17) is 9.72 Å². The van der Waals surface area contributed by atoms with Gasteiger partial charge in [-0.05, 0) is 57.8 Å². The molecule has 0 saturated carbocycles.